The molecule has 1 amide bonds. The van der Waals surface area contributed by atoms with Gasteiger partial charge in [0.05, 0.1) is 17.8 Å². The van der Waals surface area contributed by atoms with Crippen molar-refractivity contribution in [3.8, 4) is 11.3 Å². The summed E-state index contributed by atoms with van der Waals surface area (Å²) in [5.41, 5.74) is 1.11. The number of carbonyl (C=O) groups is 1. The van der Waals surface area contributed by atoms with E-state index in [2.05, 4.69) is 26.2 Å². The number of nitrogens with one attached hydrogen (secondary N) is 1. The van der Waals surface area contributed by atoms with E-state index in [0.717, 1.165) is 22.2 Å². The number of amides is 1. The van der Waals surface area contributed by atoms with Gasteiger partial charge in [-0.1, -0.05) is 34.1 Å². The first-order valence-electron chi connectivity index (χ1n) is 8.38. The Morgan fingerprint density at radius 1 is 1.26 bits per heavy atom. The number of aromatic nitrogens is 1. The lowest BCUT2D eigenvalue weighted by atomic mass is 10.1. The number of hydrogen-bond donors (Lipinski definition) is 1. The highest BCUT2D eigenvalue weighted by Crippen LogP contribution is 2.25. The molecule has 27 heavy (non-hydrogen) atoms. The van der Waals surface area contributed by atoms with Crippen LogP contribution < -0.4 is 5.32 Å². The van der Waals surface area contributed by atoms with Gasteiger partial charge in [-0.2, -0.15) is 0 Å². The minimum atomic E-state index is -0.724. The van der Waals surface area contributed by atoms with Crippen molar-refractivity contribution >= 4 is 21.8 Å². The molecule has 0 aliphatic heterocycles. The summed E-state index contributed by atoms with van der Waals surface area (Å²) in [5, 5.41) is 2.92. The fourth-order valence-corrected chi connectivity index (χ4v) is 3.31. The monoisotopic (exact) mass is 434 g/mol. The van der Waals surface area contributed by atoms with Gasteiger partial charge >= 0.3 is 0 Å². The standard InChI is InChI=1S/C20H17BrF2N2O2/c1-12(14-4-2-3-5-16(14)21)25-19(26)8-9-20-24-11-18(27-20)15-7-6-13(22)10-17(15)23/h2-7,10-12H,8-9H2,1H3,(H,25,26). The van der Waals surface area contributed by atoms with E-state index in [9.17, 15) is 13.6 Å². The van der Waals surface area contributed by atoms with Crippen LogP contribution in [-0.2, 0) is 11.2 Å². The van der Waals surface area contributed by atoms with Crippen LogP contribution in [0.2, 0.25) is 0 Å². The summed E-state index contributed by atoms with van der Waals surface area (Å²) < 4.78 is 33.2. The van der Waals surface area contributed by atoms with Gasteiger partial charge in [0.25, 0.3) is 0 Å². The van der Waals surface area contributed by atoms with Gasteiger partial charge in [0.15, 0.2) is 11.7 Å². The summed E-state index contributed by atoms with van der Waals surface area (Å²) >= 11 is 3.47. The molecular formula is C20H17BrF2N2O2. The zero-order valence-electron chi connectivity index (χ0n) is 14.5. The van der Waals surface area contributed by atoms with E-state index < -0.39 is 11.6 Å². The fourth-order valence-electron chi connectivity index (χ4n) is 2.68. The van der Waals surface area contributed by atoms with Crippen LogP contribution in [0.15, 0.2) is 57.6 Å². The molecule has 0 aliphatic rings. The van der Waals surface area contributed by atoms with Gasteiger partial charge in [-0.15, -0.1) is 0 Å². The van der Waals surface area contributed by atoms with Crippen LogP contribution in [0, 0.1) is 11.6 Å². The number of halogens is 3. The zero-order valence-corrected chi connectivity index (χ0v) is 16.1. The molecule has 1 aromatic heterocycles. The van der Waals surface area contributed by atoms with E-state index in [1.54, 1.807) is 0 Å². The molecule has 4 nitrogen and oxygen atoms in total. The van der Waals surface area contributed by atoms with Crippen LogP contribution in [0.1, 0.15) is 30.8 Å². The molecule has 0 spiro atoms. The smallest absolute Gasteiger partial charge is 0.220 e. The molecule has 0 radical (unpaired) electrons. The van der Waals surface area contributed by atoms with Gasteiger partial charge in [-0.3, -0.25) is 4.79 Å². The number of nitrogens with zero attached hydrogens (tertiary/aromatic N) is 1. The zero-order chi connectivity index (χ0) is 19.4. The normalized spacial score (nSPS) is 12.0. The number of oxazole rings is 1. The van der Waals surface area contributed by atoms with Crippen LogP contribution in [-0.4, -0.2) is 10.9 Å². The Labute approximate surface area is 163 Å². The molecule has 7 heteroatoms. The van der Waals surface area contributed by atoms with E-state index in [1.807, 2.05) is 31.2 Å². The van der Waals surface area contributed by atoms with E-state index in [-0.39, 0.29) is 36.1 Å². The maximum Gasteiger partial charge on any atom is 0.220 e. The molecule has 0 bridgehead atoms. The Morgan fingerprint density at radius 2 is 2.04 bits per heavy atom. The lowest BCUT2D eigenvalue weighted by Crippen LogP contribution is -2.27. The van der Waals surface area contributed by atoms with Crippen molar-refractivity contribution in [1.29, 1.82) is 0 Å². The first-order chi connectivity index (χ1) is 12.9. The molecule has 1 heterocycles. The SMILES string of the molecule is CC(NC(=O)CCc1ncc(-c2ccc(F)cc2F)o1)c1ccccc1Br. The topological polar surface area (TPSA) is 55.1 Å². The number of aryl methyl sites for hydroxylation is 1. The van der Waals surface area contributed by atoms with Crippen LogP contribution in [0.25, 0.3) is 11.3 Å². The lowest BCUT2D eigenvalue weighted by molar-refractivity contribution is -0.121. The molecule has 1 N–H and O–H groups in total. The fraction of sp³-hybridized carbons (Fsp3) is 0.200. The maximum absolute atomic E-state index is 13.8. The third kappa shape index (κ3) is 4.80. The second kappa shape index (κ2) is 8.43. The van der Waals surface area contributed by atoms with Crippen molar-refractivity contribution in [2.75, 3.05) is 0 Å². The quantitative estimate of drug-likeness (QED) is 0.580. The predicted molar refractivity (Wildman–Crippen MR) is 101 cm³/mol. The highest BCUT2D eigenvalue weighted by Gasteiger charge is 2.15. The number of hydrogen-bond acceptors (Lipinski definition) is 3. The first kappa shape index (κ1) is 19.2. The lowest BCUT2D eigenvalue weighted by Gasteiger charge is -2.15. The summed E-state index contributed by atoms with van der Waals surface area (Å²) in [6.07, 6.45) is 1.82. The van der Waals surface area contributed by atoms with Crippen molar-refractivity contribution in [1.82, 2.24) is 10.3 Å². The minimum absolute atomic E-state index is 0.127. The van der Waals surface area contributed by atoms with E-state index in [1.165, 1.54) is 12.3 Å². The molecule has 140 valence electrons. The van der Waals surface area contributed by atoms with Crippen molar-refractivity contribution < 1.29 is 18.0 Å². The van der Waals surface area contributed by atoms with Crippen molar-refractivity contribution in [2.45, 2.75) is 25.8 Å². The van der Waals surface area contributed by atoms with Gasteiger partial charge in [0.2, 0.25) is 5.91 Å². The molecule has 0 aliphatic carbocycles. The van der Waals surface area contributed by atoms with Crippen LogP contribution in [0.5, 0.6) is 0 Å². The van der Waals surface area contributed by atoms with E-state index >= 15 is 0 Å². The average Bonchev–Trinajstić information content (AvgIpc) is 3.09. The molecular weight excluding hydrogens is 418 g/mol. The summed E-state index contributed by atoms with van der Waals surface area (Å²) in [5.74, 6) is -1.02. The third-order valence-corrected chi connectivity index (χ3v) is 4.79. The van der Waals surface area contributed by atoms with E-state index in [0.29, 0.717) is 5.89 Å². The third-order valence-electron chi connectivity index (χ3n) is 4.07. The Bertz CT molecular complexity index is 959. The van der Waals surface area contributed by atoms with Crippen molar-refractivity contribution in [2.24, 2.45) is 0 Å². The average molecular weight is 435 g/mol. The molecule has 3 rings (SSSR count). The molecule has 1 atom stereocenters. The predicted octanol–water partition coefficient (Wildman–Crippen LogP) is 5.19. The number of benzene rings is 2. The molecule has 3 aromatic rings. The molecule has 1 unspecified atom stereocenters. The highest BCUT2D eigenvalue weighted by atomic mass is 79.9. The number of carbonyl (C=O) groups excluding carboxylic acids is 1. The Balaban J connectivity index is 1.58. The van der Waals surface area contributed by atoms with Crippen molar-refractivity contribution in [3.63, 3.8) is 0 Å². The molecule has 2 aromatic carbocycles. The largest absolute Gasteiger partial charge is 0.441 e. The Hall–Kier alpha value is -2.54. The molecule has 0 fully saturated rings. The summed E-state index contributed by atoms with van der Waals surface area (Å²) in [4.78, 5) is 16.2. The minimum Gasteiger partial charge on any atom is -0.441 e. The summed E-state index contributed by atoms with van der Waals surface area (Å²) in [6.45, 7) is 1.90. The highest BCUT2D eigenvalue weighted by molar-refractivity contribution is 9.10. The van der Waals surface area contributed by atoms with Gasteiger partial charge in [0, 0.05) is 23.4 Å². The maximum atomic E-state index is 13.8. The first-order valence-corrected chi connectivity index (χ1v) is 9.17. The van der Waals surface area contributed by atoms with Gasteiger partial charge in [0.1, 0.15) is 11.6 Å². The van der Waals surface area contributed by atoms with Gasteiger partial charge in [-0.05, 0) is 30.7 Å². The van der Waals surface area contributed by atoms with Gasteiger partial charge < -0.3 is 9.73 Å². The molecule has 0 saturated heterocycles. The Kier molecular flexibility index (Phi) is 6.01. The van der Waals surface area contributed by atoms with Crippen LogP contribution in [0.4, 0.5) is 8.78 Å². The van der Waals surface area contributed by atoms with Crippen LogP contribution >= 0.6 is 15.9 Å². The van der Waals surface area contributed by atoms with Crippen LogP contribution in [0.3, 0.4) is 0 Å². The van der Waals surface area contributed by atoms with Crippen molar-refractivity contribution in [3.05, 3.63) is 76.2 Å². The second-order valence-corrected chi connectivity index (χ2v) is 6.91. The second-order valence-electron chi connectivity index (χ2n) is 6.05. The molecule has 0 saturated carbocycles. The Morgan fingerprint density at radius 3 is 2.78 bits per heavy atom. The van der Waals surface area contributed by atoms with E-state index in [4.69, 9.17) is 4.42 Å². The summed E-state index contributed by atoms with van der Waals surface area (Å²) in [6, 6.07) is 10.7. The van der Waals surface area contributed by atoms with Gasteiger partial charge in [-0.25, -0.2) is 13.8 Å². The number of rotatable bonds is 6. The summed E-state index contributed by atoms with van der Waals surface area (Å²) in [7, 11) is 0.